The average molecular weight is 139 g/mol. The van der Waals surface area contributed by atoms with Gasteiger partial charge in [0.1, 0.15) is 5.75 Å². The van der Waals surface area contributed by atoms with Gasteiger partial charge in [-0.25, -0.2) is 0 Å². The minimum absolute atomic E-state index is 0.579. The first-order chi connectivity index (χ1) is 4.86. The van der Waals surface area contributed by atoms with E-state index in [4.69, 9.17) is 4.74 Å². The lowest BCUT2D eigenvalue weighted by molar-refractivity contribution is 0.112. The topological polar surface area (TPSA) is 21.3 Å². The SMILES string of the molecule is FC1Nc2ccccc2O1. The van der Waals surface area contributed by atoms with Crippen molar-refractivity contribution in [3.05, 3.63) is 24.3 Å². The van der Waals surface area contributed by atoms with Gasteiger partial charge in [-0.05, 0) is 12.1 Å². The molecule has 0 bridgehead atoms. The quantitative estimate of drug-likeness (QED) is 0.553. The highest BCUT2D eigenvalue weighted by Crippen LogP contribution is 2.30. The highest BCUT2D eigenvalue weighted by Gasteiger charge is 2.18. The van der Waals surface area contributed by atoms with E-state index in [0.29, 0.717) is 5.75 Å². The molecule has 1 aromatic rings. The van der Waals surface area contributed by atoms with Crippen LogP contribution in [-0.2, 0) is 0 Å². The number of rotatable bonds is 0. The second-order valence-corrected chi connectivity index (χ2v) is 2.07. The van der Waals surface area contributed by atoms with Gasteiger partial charge in [-0.15, -0.1) is 0 Å². The zero-order valence-corrected chi connectivity index (χ0v) is 5.17. The maximum absolute atomic E-state index is 12.4. The predicted molar refractivity (Wildman–Crippen MR) is 35.6 cm³/mol. The Morgan fingerprint density at radius 3 is 3.00 bits per heavy atom. The number of ether oxygens (including phenoxy) is 1. The fourth-order valence-corrected chi connectivity index (χ4v) is 0.952. The van der Waals surface area contributed by atoms with Crippen LogP contribution in [0, 0.1) is 0 Å². The van der Waals surface area contributed by atoms with Crippen molar-refractivity contribution in [2.24, 2.45) is 0 Å². The van der Waals surface area contributed by atoms with Crippen molar-refractivity contribution in [3.63, 3.8) is 0 Å². The van der Waals surface area contributed by atoms with Crippen LogP contribution in [0.1, 0.15) is 0 Å². The van der Waals surface area contributed by atoms with Gasteiger partial charge in [-0.1, -0.05) is 12.1 Å². The largest absolute Gasteiger partial charge is 0.441 e. The molecule has 1 heterocycles. The van der Waals surface area contributed by atoms with Gasteiger partial charge in [-0.2, -0.15) is 4.39 Å². The van der Waals surface area contributed by atoms with E-state index in [9.17, 15) is 4.39 Å². The number of para-hydroxylation sites is 2. The first-order valence-corrected chi connectivity index (χ1v) is 3.02. The van der Waals surface area contributed by atoms with Gasteiger partial charge in [0.2, 0.25) is 0 Å². The van der Waals surface area contributed by atoms with E-state index >= 15 is 0 Å². The molecule has 0 fully saturated rings. The van der Waals surface area contributed by atoms with Crippen molar-refractivity contribution in [1.29, 1.82) is 0 Å². The van der Waals surface area contributed by atoms with Crippen molar-refractivity contribution in [1.82, 2.24) is 0 Å². The lowest BCUT2D eigenvalue weighted by atomic mass is 10.3. The Bertz CT molecular complexity index is 226. The second kappa shape index (κ2) is 1.87. The van der Waals surface area contributed by atoms with Crippen molar-refractivity contribution in [3.8, 4) is 5.75 Å². The lowest BCUT2D eigenvalue weighted by Gasteiger charge is -1.96. The fourth-order valence-electron chi connectivity index (χ4n) is 0.952. The number of halogens is 1. The number of anilines is 1. The van der Waals surface area contributed by atoms with Crippen molar-refractivity contribution in [2.45, 2.75) is 6.48 Å². The average Bonchev–Trinajstić information content (AvgIpc) is 2.27. The molecular weight excluding hydrogens is 133 g/mol. The summed E-state index contributed by atoms with van der Waals surface area (Å²) in [6.45, 7) is -1.38. The molecule has 1 atom stereocenters. The number of nitrogens with one attached hydrogen (secondary N) is 1. The molecule has 1 N–H and O–H groups in total. The summed E-state index contributed by atoms with van der Waals surface area (Å²) < 4.78 is 17.1. The third kappa shape index (κ3) is 0.708. The van der Waals surface area contributed by atoms with Gasteiger partial charge in [0.05, 0.1) is 5.69 Å². The fraction of sp³-hybridized carbons (Fsp3) is 0.143. The second-order valence-electron chi connectivity index (χ2n) is 2.07. The normalized spacial score (nSPS) is 21.1. The molecule has 0 saturated heterocycles. The van der Waals surface area contributed by atoms with E-state index in [1.807, 2.05) is 6.07 Å². The van der Waals surface area contributed by atoms with Gasteiger partial charge in [0.15, 0.2) is 0 Å². The number of benzene rings is 1. The van der Waals surface area contributed by atoms with Gasteiger partial charge >= 0.3 is 6.48 Å². The Kier molecular flexibility index (Phi) is 1.03. The van der Waals surface area contributed by atoms with Crippen LogP contribution in [0.3, 0.4) is 0 Å². The molecule has 0 saturated carbocycles. The maximum atomic E-state index is 12.4. The van der Waals surface area contributed by atoms with E-state index in [-0.39, 0.29) is 0 Å². The zero-order valence-electron chi connectivity index (χ0n) is 5.17. The maximum Gasteiger partial charge on any atom is 0.318 e. The van der Waals surface area contributed by atoms with Crippen molar-refractivity contribution in [2.75, 3.05) is 5.32 Å². The summed E-state index contributed by atoms with van der Waals surface area (Å²) in [5.41, 5.74) is 0.718. The van der Waals surface area contributed by atoms with Crippen LogP contribution in [0.15, 0.2) is 24.3 Å². The smallest absolute Gasteiger partial charge is 0.318 e. The van der Waals surface area contributed by atoms with Gasteiger partial charge < -0.3 is 10.1 Å². The lowest BCUT2D eigenvalue weighted by Crippen LogP contribution is -2.11. The molecule has 2 nitrogen and oxygen atoms in total. The van der Waals surface area contributed by atoms with E-state index in [1.165, 1.54) is 0 Å². The number of alkyl halides is 1. The zero-order chi connectivity index (χ0) is 6.97. The van der Waals surface area contributed by atoms with Crippen LogP contribution < -0.4 is 10.1 Å². The van der Waals surface area contributed by atoms with Crippen LogP contribution in [0.5, 0.6) is 5.75 Å². The van der Waals surface area contributed by atoms with Gasteiger partial charge in [0, 0.05) is 0 Å². The third-order valence-corrected chi connectivity index (χ3v) is 1.39. The highest BCUT2D eigenvalue weighted by atomic mass is 19.1. The summed E-state index contributed by atoms with van der Waals surface area (Å²) in [6, 6.07) is 7.13. The molecule has 0 aliphatic carbocycles. The van der Waals surface area contributed by atoms with Gasteiger partial charge in [-0.3, -0.25) is 0 Å². The molecular formula is C7H6FNO. The molecule has 1 aromatic carbocycles. The van der Waals surface area contributed by atoms with Crippen LogP contribution in [0.4, 0.5) is 10.1 Å². The predicted octanol–water partition coefficient (Wildman–Crippen LogP) is 1.74. The monoisotopic (exact) mass is 139 g/mol. The summed E-state index contributed by atoms with van der Waals surface area (Å²) in [5, 5.41) is 2.51. The van der Waals surface area contributed by atoms with Crippen molar-refractivity contribution >= 4 is 5.69 Å². The first kappa shape index (κ1) is 5.53. The summed E-state index contributed by atoms with van der Waals surface area (Å²) in [5.74, 6) is 0.579. The Labute approximate surface area is 57.6 Å². The molecule has 0 amide bonds. The van der Waals surface area contributed by atoms with E-state index < -0.39 is 6.48 Å². The molecule has 52 valence electrons. The minimum atomic E-state index is -1.38. The van der Waals surface area contributed by atoms with E-state index in [2.05, 4.69) is 5.32 Å². The van der Waals surface area contributed by atoms with E-state index in [1.54, 1.807) is 18.2 Å². The Morgan fingerprint density at radius 1 is 1.40 bits per heavy atom. The van der Waals surface area contributed by atoms with Crippen LogP contribution in [0.25, 0.3) is 0 Å². The molecule has 3 heteroatoms. The standard InChI is InChI=1S/C7H6FNO/c8-7-9-5-3-1-2-4-6(5)10-7/h1-4,7,9H. The summed E-state index contributed by atoms with van der Waals surface area (Å²) in [6.07, 6.45) is 0. The van der Waals surface area contributed by atoms with Crippen LogP contribution in [0.2, 0.25) is 0 Å². The summed E-state index contributed by atoms with van der Waals surface area (Å²) in [4.78, 5) is 0. The number of hydrogen-bond donors (Lipinski definition) is 1. The Balaban J connectivity index is 2.42. The molecule has 2 rings (SSSR count). The molecule has 0 aromatic heterocycles. The number of hydrogen-bond acceptors (Lipinski definition) is 2. The van der Waals surface area contributed by atoms with Crippen molar-refractivity contribution < 1.29 is 9.13 Å². The molecule has 0 radical (unpaired) electrons. The highest BCUT2D eigenvalue weighted by molar-refractivity contribution is 5.59. The van der Waals surface area contributed by atoms with E-state index in [0.717, 1.165) is 5.69 Å². The Morgan fingerprint density at radius 2 is 2.20 bits per heavy atom. The molecule has 1 aliphatic heterocycles. The van der Waals surface area contributed by atoms with Crippen LogP contribution in [-0.4, -0.2) is 6.48 Å². The molecule has 10 heavy (non-hydrogen) atoms. The molecule has 1 aliphatic rings. The third-order valence-electron chi connectivity index (χ3n) is 1.39. The molecule has 1 unspecified atom stereocenters. The summed E-state index contributed by atoms with van der Waals surface area (Å²) >= 11 is 0. The van der Waals surface area contributed by atoms with Crippen LogP contribution >= 0.6 is 0 Å². The number of fused-ring (bicyclic) bond motifs is 1. The summed E-state index contributed by atoms with van der Waals surface area (Å²) in [7, 11) is 0. The molecule has 0 spiro atoms. The van der Waals surface area contributed by atoms with Gasteiger partial charge in [0.25, 0.3) is 0 Å². The Hall–Kier alpha value is -1.25. The minimum Gasteiger partial charge on any atom is -0.441 e. The first-order valence-electron chi connectivity index (χ1n) is 3.02.